The van der Waals surface area contributed by atoms with E-state index in [2.05, 4.69) is 0 Å². The summed E-state index contributed by atoms with van der Waals surface area (Å²) in [5.74, 6) is 0. The van der Waals surface area contributed by atoms with Crippen molar-refractivity contribution in [1.29, 1.82) is 0 Å². The summed E-state index contributed by atoms with van der Waals surface area (Å²) in [6, 6.07) is 19.0. The number of halogens is 2. The summed E-state index contributed by atoms with van der Waals surface area (Å²) >= 11 is 15.7. The first-order valence-corrected chi connectivity index (χ1v) is 9.60. The Morgan fingerprint density at radius 2 is 1.58 bits per heavy atom. The molecule has 3 aromatic carbocycles. The van der Waals surface area contributed by atoms with Gasteiger partial charge in [0.2, 0.25) is 0 Å². The summed E-state index contributed by atoms with van der Waals surface area (Å²) in [6.07, 6.45) is 0. The number of rotatable bonds is 2. The van der Waals surface area contributed by atoms with E-state index in [0.29, 0.717) is 15.4 Å². The van der Waals surface area contributed by atoms with Gasteiger partial charge in [0.25, 0.3) is 0 Å². The average molecular weight is 389 g/mol. The number of hydrogen-bond donors (Lipinski definition) is 0. The molecule has 0 aliphatic rings. The van der Waals surface area contributed by atoms with Crippen LogP contribution < -0.4 is 5.43 Å². The zero-order valence-corrected chi connectivity index (χ0v) is 15.4. The Hall–Kier alpha value is -1.52. The molecule has 1 aromatic heterocycles. The molecule has 0 spiro atoms. The van der Waals surface area contributed by atoms with Crippen LogP contribution in [0.3, 0.4) is 0 Å². The Kier molecular flexibility index (Phi) is 4.27. The van der Waals surface area contributed by atoms with Crippen molar-refractivity contribution in [3.63, 3.8) is 0 Å². The molecule has 0 radical (unpaired) electrons. The Morgan fingerprint density at radius 1 is 0.833 bits per heavy atom. The second-order valence-electron chi connectivity index (χ2n) is 5.24. The van der Waals surface area contributed by atoms with Crippen LogP contribution >= 0.6 is 46.3 Å². The monoisotopic (exact) mass is 388 g/mol. The minimum absolute atomic E-state index is 0.0318. The summed E-state index contributed by atoms with van der Waals surface area (Å²) in [6.45, 7) is 0. The van der Waals surface area contributed by atoms with Crippen LogP contribution in [0.1, 0.15) is 0 Å². The Labute approximate surface area is 156 Å². The van der Waals surface area contributed by atoms with Gasteiger partial charge in [0.05, 0.1) is 9.72 Å². The van der Waals surface area contributed by atoms with Crippen LogP contribution in [-0.4, -0.2) is 0 Å². The second kappa shape index (κ2) is 6.41. The molecule has 4 rings (SSSR count). The lowest BCUT2D eigenvalue weighted by atomic mass is 10.2. The molecule has 0 bridgehead atoms. The molecule has 0 saturated heterocycles. The van der Waals surface area contributed by atoms with E-state index in [1.165, 1.54) is 0 Å². The molecule has 0 fully saturated rings. The van der Waals surface area contributed by atoms with Crippen molar-refractivity contribution in [3.05, 3.63) is 80.9 Å². The van der Waals surface area contributed by atoms with Gasteiger partial charge in [0.1, 0.15) is 0 Å². The zero-order valence-electron chi connectivity index (χ0n) is 12.3. The van der Waals surface area contributed by atoms with Gasteiger partial charge in [-0.1, -0.05) is 47.1 Å². The molecule has 0 N–H and O–H groups in total. The van der Waals surface area contributed by atoms with Gasteiger partial charge in [-0.05, 0) is 48.5 Å². The number of fused-ring (bicyclic) bond motifs is 2. The van der Waals surface area contributed by atoms with E-state index < -0.39 is 0 Å². The largest absolute Gasteiger partial charge is 0.289 e. The van der Waals surface area contributed by atoms with Crippen molar-refractivity contribution < 1.29 is 0 Å². The Morgan fingerprint density at radius 3 is 2.38 bits per heavy atom. The molecule has 118 valence electrons. The van der Waals surface area contributed by atoms with E-state index in [1.807, 2.05) is 60.7 Å². The number of hydrogen-bond acceptors (Lipinski definition) is 3. The highest BCUT2D eigenvalue weighted by Gasteiger charge is 2.12. The lowest BCUT2D eigenvalue weighted by Gasteiger charge is -2.08. The molecule has 1 nitrogen and oxygen atoms in total. The predicted molar refractivity (Wildman–Crippen MR) is 106 cm³/mol. The van der Waals surface area contributed by atoms with Crippen LogP contribution in [0.15, 0.2) is 75.2 Å². The summed E-state index contributed by atoms with van der Waals surface area (Å²) in [5.41, 5.74) is 0.0318. The predicted octanol–water partition coefficient (Wildman–Crippen LogP) is 6.87. The van der Waals surface area contributed by atoms with Crippen molar-refractivity contribution in [2.45, 2.75) is 9.79 Å². The van der Waals surface area contributed by atoms with E-state index in [-0.39, 0.29) is 5.43 Å². The first kappa shape index (κ1) is 16.0. The van der Waals surface area contributed by atoms with Crippen molar-refractivity contribution in [2.75, 3.05) is 0 Å². The SMILES string of the molecule is O=c1c2ccccc2sc2c(Cl)c(Sc3ccc(Cl)cc3)ccc12. The van der Waals surface area contributed by atoms with E-state index >= 15 is 0 Å². The van der Waals surface area contributed by atoms with Gasteiger partial charge in [-0.3, -0.25) is 4.79 Å². The van der Waals surface area contributed by atoms with Crippen LogP contribution in [-0.2, 0) is 0 Å². The van der Waals surface area contributed by atoms with Gasteiger partial charge in [-0.2, -0.15) is 0 Å². The standard InChI is InChI=1S/C19H10Cl2OS2/c20-11-5-7-12(8-6-11)23-16-10-9-14-18(22)13-3-1-2-4-15(13)24-19(14)17(16)21/h1-10H. The van der Waals surface area contributed by atoms with Crippen LogP contribution in [0.25, 0.3) is 20.2 Å². The van der Waals surface area contributed by atoms with Crippen LogP contribution in [0.4, 0.5) is 0 Å². The van der Waals surface area contributed by atoms with E-state index in [1.54, 1.807) is 23.1 Å². The third kappa shape index (κ3) is 2.82. The molecule has 0 unspecified atom stereocenters. The second-order valence-corrected chi connectivity index (χ2v) is 8.22. The third-order valence-corrected chi connectivity index (χ3v) is 6.83. The molecule has 0 amide bonds. The highest BCUT2D eigenvalue weighted by molar-refractivity contribution is 7.99. The first-order valence-electron chi connectivity index (χ1n) is 7.21. The molecule has 0 atom stereocenters. The van der Waals surface area contributed by atoms with Crippen LogP contribution in [0.2, 0.25) is 10.0 Å². The third-order valence-electron chi connectivity index (χ3n) is 3.69. The highest BCUT2D eigenvalue weighted by atomic mass is 35.5. The van der Waals surface area contributed by atoms with Gasteiger partial charge in [-0.25, -0.2) is 0 Å². The normalized spacial score (nSPS) is 11.2. The van der Waals surface area contributed by atoms with Gasteiger partial charge in [0.15, 0.2) is 5.43 Å². The van der Waals surface area contributed by atoms with Crippen molar-refractivity contribution >= 4 is 66.5 Å². The lowest BCUT2D eigenvalue weighted by Crippen LogP contribution is -2.01. The fourth-order valence-electron chi connectivity index (χ4n) is 2.52. The van der Waals surface area contributed by atoms with Gasteiger partial charge in [-0.15, -0.1) is 11.3 Å². The topological polar surface area (TPSA) is 17.1 Å². The van der Waals surface area contributed by atoms with Crippen molar-refractivity contribution in [3.8, 4) is 0 Å². The Bertz CT molecular complexity index is 1120. The smallest absolute Gasteiger partial charge is 0.195 e. The molecule has 1 heterocycles. The summed E-state index contributed by atoms with van der Waals surface area (Å²) in [4.78, 5) is 14.7. The molecular weight excluding hydrogens is 379 g/mol. The highest BCUT2D eigenvalue weighted by Crippen LogP contribution is 2.39. The lowest BCUT2D eigenvalue weighted by molar-refractivity contribution is 1.42. The first-order chi connectivity index (χ1) is 11.6. The van der Waals surface area contributed by atoms with Crippen molar-refractivity contribution in [1.82, 2.24) is 0 Å². The maximum atomic E-state index is 12.7. The van der Waals surface area contributed by atoms with E-state index in [4.69, 9.17) is 23.2 Å². The summed E-state index contributed by atoms with van der Waals surface area (Å²) in [7, 11) is 0. The molecule has 0 aliphatic heterocycles. The molecular formula is C19H10Cl2OS2. The maximum Gasteiger partial charge on any atom is 0.195 e. The van der Waals surface area contributed by atoms with Crippen LogP contribution in [0.5, 0.6) is 0 Å². The van der Waals surface area contributed by atoms with E-state index in [0.717, 1.165) is 24.6 Å². The van der Waals surface area contributed by atoms with Crippen molar-refractivity contribution in [2.24, 2.45) is 0 Å². The summed E-state index contributed by atoms with van der Waals surface area (Å²) in [5, 5.41) is 2.74. The zero-order chi connectivity index (χ0) is 16.7. The maximum absolute atomic E-state index is 12.7. The minimum Gasteiger partial charge on any atom is -0.289 e. The van der Waals surface area contributed by atoms with Gasteiger partial charge < -0.3 is 0 Å². The fraction of sp³-hybridized carbons (Fsp3) is 0. The molecule has 24 heavy (non-hydrogen) atoms. The molecule has 0 saturated carbocycles. The Balaban J connectivity index is 1.89. The minimum atomic E-state index is 0.0318. The van der Waals surface area contributed by atoms with Gasteiger partial charge in [0, 0.05) is 30.3 Å². The average Bonchev–Trinajstić information content (AvgIpc) is 2.60. The summed E-state index contributed by atoms with van der Waals surface area (Å²) < 4.78 is 1.78. The van der Waals surface area contributed by atoms with Gasteiger partial charge >= 0.3 is 0 Å². The van der Waals surface area contributed by atoms with Crippen LogP contribution in [0, 0.1) is 0 Å². The van der Waals surface area contributed by atoms with E-state index in [9.17, 15) is 4.79 Å². The number of benzene rings is 3. The molecule has 0 aliphatic carbocycles. The quantitative estimate of drug-likeness (QED) is 0.348. The fourth-order valence-corrected chi connectivity index (χ4v) is 5.07. The molecule has 4 aromatic rings. The molecule has 5 heteroatoms.